The summed E-state index contributed by atoms with van der Waals surface area (Å²) in [5.74, 6) is 1.79. The van der Waals surface area contributed by atoms with Crippen LogP contribution in [0.5, 0.6) is 0 Å². The molecule has 0 aliphatic heterocycles. The van der Waals surface area contributed by atoms with E-state index in [1.165, 1.54) is 19.3 Å². The zero-order chi connectivity index (χ0) is 21.9. The number of nitrogens with zero attached hydrogens (tertiary/aromatic N) is 2. The summed E-state index contributed by atoms with van der Waals surface area (Å²) >= 11 is 0. The quantitative estimate of drug-likeness (QED) is 0.641. The van der Waals surface area contributed by atoms with Crippen molar-refractivity contribution in [3.05, 3.63) is 59.9 Å². The van der Waals surface area contributed by atoms with Crippen LogP contribution in [0.2, 0.25) is 0 Å². The van der Waals surface area contributed by atoms with Crippen LogP contribution in [0.1, 0.15) is 48.0 Å². The molecule has 2 aromatic heterocycles. The van der Waals surface area contributed by atoms with Crippen LogP contribution in [0.4, 0.5) is 0 Å². The minimum absolute atomic E-state index is 0.0112. The molecule has 1 N–H and O–H groups in total. The molecule has 0 spiro atoms. The highest BCUT2D eigenvalue weighted by atomic mass is 16.5. The van der Waals surface area contributed by atoms with Crippen LogP contribution in [0, 0.1) is 24.7 Å². The van der Waals surface area contributed by atoms with Gasteiger partial charge in [0.25, 0.3) is 5.91 Å². The van der Waals surface area contributed by atoms with E-state index in [-0.39, 0.29) is 17.6 Å². The maximum Gasteiger partial charge on any atom is 0.252 e. The average molecular weight is 428 g/mol. The molecule has 0 saturated heterocycles. The summed E-state index contributed by atoms with van der Waals surface area (Å²) in [5, 5.41) is 4.38. The van der Waals surface area contributed by atoms with Crippen LogP contribution >= 0.6 is 0 Å². The monoisotopic (exact) mass is 427 g/mol. The third-order valence-corrected chi connectivity index (χ3v) is 8.11. The summed E-state index contributed by atoms with van der Waals surface area (Å²) in [4.78, 5) is 22.8. The lowest BCUT2D eigenvalue weighted by molar-refractivity contribution is -0.156. The molecule has 0 radical (unpaired) electrons. The molecule has 7 rings (SSSR count). The van der Waals surface area contributed by atoms with Gasteiger partial charge in [0, 0.05) is 36.5 Å². The predicted octanol–water partition coefficient (Wildman–Crippen LogP) is 4.93. The number of rotatable bonds is 4. The topological polar surface area (TPSA) is 64.1 Å². The van der Waals surface area contributed by atoms with Gasteiger partial charge in [-0.1, -0.05) is 11.6 Å². The first kappa shape index (κ1) is 19.9. The van der Waals surface area contributed by atoms with E-state index in [0.717, 1.165) is 46.5 Å². The molecule has 3 aromatic rings. The molecule has 32 heavy (non-hydrogen) atoms. The van der Waals surface area contributed by atoms with Gasteiger partial charge in [0.05, 0.1) is 22.4 Å². The van der Waals surface area contributed by atoms with E-state index in [1.807, 2.05) is 37.4 Å². The Morgan fingerprint density at radius 1 is 1.12 bits per heavy atom. The van der Waals surface area contributed by atoms with E-state index in [9.17, 15) is 4.79 Å². The van der Waals surface area contributed by atoms with Crippen molar-refractivity contribution in [1.29, 1.82) is 0 Å². The average Bonchev–Trinajstić information content (AvgIpc) is 2.81. The van der Waals surface area contributed by atoms with Crippen LogP contribution in [-0.2, 0) is 4.74 Å². The molecule has 2 heterocycles. The van der Waals surface area contributed by atoms with Gasteiger partial charge in [-0.25, -0.2) is 4.98 Å². The lowest BCUT2D eigenvalue weighted by atomic mass is 9.52. The molecule has 4 aliphatic rings. The first-order valence-corrected chi connectivity index (χ1v) is 11.7. The summed E-state index contributed by atoms with van der Waals surface area (Å²) in [6.45, 7) is 2.05. The zero-order valence-electron chi connectivity index (χ0n) is 18.7. The molecule has 2 unspecified atom stereocenters. The van der Waals surface area contributed by atoms with Gasteiger partial charge >= 0.3 is 0 Å². The van der Waals surface area contributed by atoms with Crippen molar-refractivity contribution in [2.24, 2.45) is 17.8 Å². The number of fused-ring (bicyclic) bond motifs is 1. The van der Waals surface area contributed by atoms with E-state index in [1.54, 1.807) is 12.4 Å². The number of hydrogen-bond donors (Lipinski definition) is 1. The minimum Gasteiger partial charge on any atom is -0.378 e. The van der Waals surface area contributed by atoms with E-state index in [2.05, 4.69) is 23.3 Å². The Kier molecular flexibility index (Phi) is 4.58. The van der Waals surface area contributed by atoms with E-state index >= 15 is 0 Å². The highest BCUT2D eigenvalue weighted by Gasteiger charge is 2.56. The maximum absolute atomic E-state index is 13.7. The fourth-order valence-electron chi connectivity index (χ4n) is 6.85. The van der Waals surface area contributed by atoms with Crippen LogP contribution in [0.15, 0.2) is 48.8 Å². The van der Waals surface area contributed by atoms with E-state index < -0.39 is 0 Å². The van der Waals surface area contributed by atoms with Gasteiger partial charge in [-0.3, -0.25) is 9.78 Å². The summed E-state index contributed by atoms with van der Waals surface area (Å²) in [6, 6.07) is 12.2. The van der Waals surface area contributed by atoms with Crippen molar-refractivity contribution in [2.75, 3.05) is 7.11 Å². The molecule has 5 nitrogen and oxygen atoms in total. The fraction of sp³-hybridized carbons (Fsp3) is 0.444. The number of aromatic nitrogens is 2. The summed E-state index contributed by atoms with van der Waals surface area (Å²) in [6.07, 6.45) is 9.30. The smallest absolute Gasteiger partial charge is 0.252 e. The molecule has 4 fully saturated rings. The van der Waals surface area contributed by atoms with E-state index in [0.29, 0.717) is 17.4 Å². The first-order chi connectivity index (χ1) is 15.5. The second kappa shape index (κ2) is 7.38. The van der Waals surface area contributed by atoms with Gasteiger partial charge in [-0.15, -0.1) is 0 Å². The summed E-state index contributed by atoms with van der Waals surface area (Å²) < 4.78 is 6.00. The number of benzene rings is 1. The summed E-state index contributed by atoms with van der Waals surface area (Å²) in [7, 11) is 1.87. The molecular formula is C27H29N3O2. The molecule has 1 aromatic carbocycles. The number of pyridine rings is 2. The van der Waals surface area contributed by atoms with Gasteiger partial charge in [-0.05, 0) is 87.1 Å². The molecule has 2 atom stereocenters. The normalized spacial score (nSPS) is 30.6. The Morgan fingerprint density at radius 3 is 2.66 bits per heavy atom. The largest absolute Gasteiger partial charge is 0.378 e. The molecule has 4 bridgehead atoms. The second-order valence-corrected chi connectivity index (χ2v) is 10.2. The lowest BCUT2D eigenvalue weighted by Gasteiger charge is -2.59. The van der Waals surface area contributed by atoms with Crippen molar-refractivity contribution in [3.63, 3.8) is 0 Å². The highest BCUT2D eigenvalue weighted by molar-refractivity contribution is 6.07. The molecule has 4 saturated carbocycles. The molecule has 4 aliphatic carbocycles. The van der Waals surface area contributed by atoms with Crippen molar-refractivity contribution in [1.82, 2.24) is 15.3 Å². The van der Waals surface area contributed by atoms with Crippen molar-refractivity contribution in [2.45, 2.75) is 50.7 Å². The Morgan fingerprint density at radius 2 is 1.94 bits per heavy atom. The van der Waals surface area contributed by atoms with Crippen molar-refractivity contribution in [3.8, 4) is 11.3 Å². The highest BCUT2D eigenvalue weighted by Crippen LogP contribution is 2.57. The van der Waals surface area contributed by atoms with Gasteiger partial charge in [0.1, 0.15) is 0 Å². The second-order valence-electron chi connectivity index (χ2n) is 10.2. The number of carbonyl (C=O) groups is 1. The number of ether oxygens (including phenoxy) is 1. The zero-order valence-corrected chi connectivity index (χ0v) is 18.7. The Balaban J connectivity index is 1.36. The van der Waals surface area contributed by atoms with E-state index in [4.69, 9.17) is 9.72 Å². The standard InChI is InChI=1S/C27H29N3O2/c1-16-5-6-23-21(8-16)22(11-24(29-23)18-4-3-7-28-15-18)26(31)30-25-19-9-17-10-20(25)14-27(12-17,13-19)32-2/h3-8,11,15,17,19-20,25H,9-10,12-14H2,1-2H3,(H,30,31). The molecule has 164 valence electrons. The number of aryl methyl sites for hydroxylation is 1. The Hall–Kier alpha value is -2.79. The van der Waals surface area contributed by atoms with Gasteiger partial charge < -0.3 is 10.1 Å². The van der Waals surface area contributed by atoms with Gasteiger partial charge in [0.2, 0.25) is 0 Å². The minimum atomic E-state index is 0.0112. The third kappa shape index (κ3) is 3.22. The number of amides is 1. The number of hydrogen-bond acceptors (Lipinski definition) is 4. The summed E-state index contributed by atoms with van der Waals surface area (Å²) in [5.41, 5.74) is 4.41. The first-order valence-electron chi connectivity index (χ1n) is 11.7. The van der Waals surface area contributed by atoms with Crippen molar-refractivity contribution < 1.29 is 9.53 Å². The van der Waals surface area contributed by atoms with Gasteiger partial charge in [-0.2, -0.15) is 0 Å². The maximum atomic E-state index is 13.7. The lowest BCUT2D eigenvalue weighted by Crippen LogP contribution is -2.62. The predicted molar refractivity (Wildman–Crippen MR) is 124 cm³/mol. The number of methoxy groups -OCH3 is 1. The van der Waals surface area contributed by atoms with Crippen LogP contribution < -0.4 is 5.32 Å². The number of carbonyl (C=O) groups excluding carboxylic acids is 1. The molecule has 1 amide bonds. The van der Waals surface area contributed by atoms with Crippen LogP contribution in [-0.4, -0.2) is 34.6 Å². The van der Waals surface area contributed by atoms with Crippen LogP contribution in [0.25, 0.3) is 22.2 Å². The fourth-order valence-corrected chi connectivity index (χ4v) is 6.85. The molecular weight excluding hydrogens is 398 g/mol. The Bertz CT molecular complexity index is 1180. The number of nitrogens with one attached hydrogen (secondary N) is 1. The van der Waals surface area contributed by atoms with Crippen molar-refractivity contribution >= 4 is 16.8 Å². The molecule has 5 heteroatoms. The van der Waals surface area contributed by atoms with Gasteiger partial charge in [0.15, 0.2) is 0 Å². The Labute approximate surface area is 188 Å². The SMILES string of the molecule is COC12CC3CC(C1)C(NC(=O)c1cc(-c4cccnc4)nc4ccc(C)cc14)C(C3)C2. The van der Waals surface area contributed by atoms with Crippen LogP contribution in [0.3, 0.4) is 0 Å². The third-order valence-electron chi connectivity index (χ3n) is 8.11.